The van der Waals surface area contributed by atoms with Gasteiger partial charge in [0.1, 0.15) is 5.75 Å². The smallest absolute Gasteiger partial charge is 0.170 e. The number of carbonyl (C=O) groups is 1. The van der Waals surface area contributed by atoms with Crippen LogP contribution in [0, 0.1) is 5.92 Å². The lowest BCUT2D eigenvalue weighted by molar-refractivity contribution is 0.0924. The van der Waals surface area contributed by atoms with Crippen molar-refractivity contribution in [3.63, 3.8) is 0 Å². The third-order valence-electron chi connectivity index (χ3n) is 2.47. The molecule has 1 aromatic rings. The van der Waals surface area contributed by atoms with E-state index in [1.165, 1.54) is 0 Å². The van der Waals surface area contributed by atoms with Crippen LogP contribution >= 0.6 is 0 Å². The molecule has 0 saturated carbocycles. The highest BCUT2D eigenvalue weighted by molar-refractivity contribution is 6.00. The lowest BCUT2D eigenvalue weighted by Crippen LogP contribution is -2.24. The first-order chi connectivity index (χ1) is 8.06. The highest BCUT2D eigenvalue weighted by Crippen LogP contribution is 2.22. The van der Waals surface area contributed by atoms with Crippen LogP contribution in [0.1, 0.15) is 31.1 Å². The first-order valence-corrected chi connectivity index (χ1v) is 6.00. The first-order valence-electron chi connectivity index (χ1n) is 6.00. The maximum absolute atomic E-state index is 12.2. The Bertz CT molecular complexity index is 374. The summed E-state index contributed by atoms with van der Waals surface area (Å²) >= 11 is 0. The minimum absolute atomic E-state index is 0.0445. The number of ether oxygens (including phenoxy) is 1. The van der Waals surface area contributed by atoms with Crippen LogP contribution in [0.5, 0.6) is 5.75 Å². The van der Waals surface area contributed by atoms with E-state index < -0.39 is 0 Å². The monoisotopic (exact) mass is 235 g/mol. The number of Topliss-reactive ketones (excluding diaryl/α,β-unsaturated/α-hetero) is 1. The van der Waals surface area contributed by atoms with Crippen LogP contribution in [-0.2, 0) is 0 Å². The van der Waals surface area contributed by atoms with Crippen molar-refractivity contribution >= 4 is 5.78 Å². The number of hydrogen-bond acceptors (Lipinski definition) is 3. The Balaban J connectivity index is 2.92. The molecule has 3 nitrogen and oxygen atoms in total. The molecule has 1 rings (SSSR count). The molecule has 0 heterocycles. The van der Waals surface area contributed by atoms with Crippen LogP contribution in [0.3, 0.4) is 0 Å². The van der Waals surface area contributed by atoms with E-state index in [-0.39, 0.29) is 17.8 Å². The Hall–Kier alpha value is -1.35. The van der Waals surface area contributed by atoms with Gasteiger partial charge in [0.2, 0.25) is 0 Å². The second kappa shape index (κ2) is 6.40. The van der Waals surface area contributed by atoms with Gasteiger partial charge in [0, 0.05) is 12.5 Å². The predicted molar refractivity (Wildman–Crippen MR) is 69.6 cm³/mol. The molecule has 0 aromatic heterocycles. The standard InChI is InChI=1S/C14H21NO2/c1-10(2)17-13-8-6-5-7-12(13)14(16)11(3)9-15-4/h5-8,10-11,15H,9H2,1-4H3. The van der Waals surface area contributed by atoms with Gasteiger partial charge in [0.15, 0.2) is 5.78 Å². The fourth-order valence-corrected chi connectivity index (χ4v) is 1.69. The number of rotatable bonds is 6. The molecule has 0 radical (unpaired) electrons. The summed E-state index contributed by atoms with van der Waals surface area (Å²) < 4.78 is 5.65. The highest BCUT2D eigenvalue weighted by Gasteiger charge is 2.18. The van der Waals surface area contributed by atoms with Gasteiger partial charge in [-0.3, -0.25) is 4.79 Å². The first kappa shape index (κ1) is 13.7. The van der Waals surface area contributed by atoms with Gasteiger partial charge in [-0.05, 0) is 33.0 Å². The second-order valence-electron chi connectivity index (χ2n) is 4.49. The molecular formula is C14H21NO2. The molecule has 1 atom stereocenters. The summed E-state index contributed by atoms with van der Waals surface area (Å²) in [6.45, 7) is 6.51. The molecule has 0 bridgehead atoms. The van der Waals surface area contributed by atoms with Gasteiger partial charge in [-0.15, -0.1) is 0 Å². The summed E-state index contributed by atoms with van der Waals surface area (Å²) in [6, 6.07) is 7.43. The normalized spacial score (nSPS) is 12.5. The Morgan fingerprint density at radius 3 is 2.53 bits per heavy atom. The van der Waals surface area contributed by atoms with E-state index in [4.69, 9.17) is 4.74 Å². The van der Waals surface area contributed by atoms with E-state index in [0.29, 0.717) is 17.9 Å². The van der Waals surface area contributed by atoms with Crippen molar-refractivity contribution in [2.45, 2.75) is 26.9 Å². The molecule has 0 spiro atoms. The van der Waals surface area contributed by atoms with Gasteiger partial charge in [-0.25, -0.2) is 0 Å². The lowest BCUT2D eigenvalue weighted by atomic mass is 9.98. The maximum atomic E-state index is 12.2. The zero-order chi connectivity index (χ0) is 12.8. The van der Waals surface area contributed by atoms with Gasteiger partial charge in [-0.1, -0.05) is 19.1 Å². The molecule has 17 heavy (non-hydrogen) atoms. The van der Waals surface area contributed by atoms with E-state index >= 15 is 0 Å². The molecule has 0 fully saturated rings. The maximum Gasteiger partial charge on any atom is 0.170 e. The molecule has 1 aromatic carbocycles. The number of ketones is 1. The van der Waals surface area contributed by atoms with Gasteiger partial charge in [0.25, 0.3) is 0 Å². The minimum Gasteiger partial charge on any atom is -0.490 e. The van der Waals surface area contributed by atoms with Crippen molar-refractivity contribution in [1.29, 1.82) is 0 Å². The van der Waals surface area contributed by atoms with Crippen molar-refractivity contribution in [2.75, 3.05) is 13.6 Å². The van der Waals surface area contributed by atoms with Crippen molar-refractivity contribution in [1.82, 2.24) is 5.32 Å². The Labute approximate surface area is 103 Å². The number of carbonyl (C=O) groups excluding carboxylic acids is 1. The number of hydrogen-bond donors (Lipinski definition) is 1. The fourth-order valence-electron chi connectivity index (χ4n) is 1.69. The van der Waals surface area contributed by atoms with E-state index in [2.05, 4.69) is 5.32 Å². The van der Waals surface area contributed by atoms with E-state index in [1.54, 1.807) is 0 Å². The quantitative estimate of drug-likeness (QED) is 0.770. The summed E-state index contributed by atoms with van der Waals surface area (Å²) in [5.41, 5.74) is 0.670. The SMILES string of the molecule is CNCC(C)C(=O)c1ccccc1OC(C)C. The Kier molecular flexibility index (Phi) is 5.16. The summed E-state index contributed by atoms with van der Waals surface area (Å²) in [7, 11) is 1.85. The van der Waals surface area contributed by atoms with Crippen LogP contribution in [-0.4, -0.2) is 25.5 Å². The third kappa shape index (κ3) is 3.86. The molecule has 3 heteroatoms. The highest BCUT2D eigenvalue weighted by atomic mass is 16.5. The summed E-state index contributed by atoms with van der Waals surface area (Å²) in [5.74, 6) is 0.753. The second-order valence-corrected chi connectivity index (χ2v) is 4.49. The lowest BCUT2D eigenvalue weighted by Gasteiger charge is -2.16. The van der Waals surface area contributed by atoms with Crippen molar-refractivity contribution < 1.29 is 9.53 Å². The average Bonchev–Trinajstić information content (AvgIpc) is 2.28. The summed E-state index contributed by atoms with van der Waals surface area (Å²) in [4.78, 5) is 12.2. The Morgan fingerprint density at radius 2 is 1.94 bits per heavy atom. The third-order valence-corrected chi connectivity index (χ3v) is 2.47. The minimum atomic E-state index is -0.0445. The molecule has 0 amide bonds. The van der Waals surface area contributed by atoms with Crippen molar-refractivity contribution in [3.8, 4) is 5.75 Å². The van der Waals surface area contributed by atoms with E-state index in [9.17, 15) is 4.79 Å². The van der Waals surface area contributed by atoms with Crippen LogP contribution in [0.25, 0.3) is 0 Å². The number of para-hydroxylation sites is 1. The molecule has 0 saturated heterocycles. The molecule has 1 unspecified atom stereocenters. The summed E-state index contributed by atoms with van der Waals surface area (Å²) in [6.07, 6.45) is 0.0727. The van der Waals surface area contributed by atoms with Crippen LogP contribution in [0.4, 0.5) is 0 Å². The van der Waals surface area contributed by atoms with Crippen LogP contribution < -0.4 is 10.1 Å². The van der Waals surface area contributed by atoms with Crippen LogP contribution in [0.15, 0.2) is 24.3 Å². The average molecular weight is 235 g/mol. The largest absolute Gasteiger partial charge is 0.490 e. The van der Waals surface area contributed by atoms with Crippen LogP contribution in [0.2, 0.25) is 0 Å². The summed E-state index contributed by atoms with van der Waals surface area (Å²) in [5, 5.41) is 3.02. The predicted octanol–water partition coefficient (Wildman–Crippen LogP) is 2.51. The zero-order valence-electron chi connectivity index (χ0n) is 11.0. The molecule has 1 N–H and O–H groups in total. The van der Waals surface area contributed by atoms with Gasteiger partial charge >= 0.3 is 0 Å². The number of benzene rings is 1. The molecule has 0 aliphatic heterocycles. The van der Waals surface area contributed by atoms with Gasteiger partial charge in [-0.2, -0.15) is 0 Å². The fraction of sp³-hybridized carbons (Fsp3) is 0.500. The molecule has 0 aliphatic rings. The molecule has 0 aliphatic carbocycles. The van der Waals surface area contributed by atoms with Crippen molar-refractivity contribution in [3.05, 3.63) is 29.8 Å². The van der Waals surface area contributed by atoms with Gasteiger partial charge < -0.3 is 10.1 Å². The zero-order valence-corrected chi connectivity index (χ0v) is 11.0. The molecular weight excluding hydrogens is 214 g/mol. The van der Waals surface area contributed by atoms with Gasteiger partial charge in [0.05, 0.1) is 11.7 Å². The Morgan fingerprint density at radius 1 is 1.29 bits per heavy atom. The topological polar surface area (TPSA) is 38.3 Å². The van der Waals surface area contributed by atoms with E-state index in [0.717, 1.165) is 0 Å². The van der Waals surface area contributed by atoms with E-state index in [1.807, 2.05) is 52.1 Å². The number of nitrogens with one attached hydrogen (secondary N) is 1. The molecule has 94 valence electrons. The van der Waals surface area contributed by atoms with Crippen molar-refractivity contribution in [2.24, 2.45) is 5.92 Å².